The highest BCUT2D eigenvalue weighted by molar-refractivity contribution is 5.78. The van der Waals surface area contributed by atoms with E-state index in [1.165, 1.54) is 0 Å². The van der Waals surface area contributed by atoms with E-state index in [1.807, 2.05) is 13.8 Å². The summed E-state index contributed by atoms with van der Waals surface area (Å²) in [6, 6.07) is 0.253. The Labute approximate surface area is 86.1 Å². The molecule has 0 aromatic rings. The van der Waals surface area contributed by atoms with Gasteiger partial charge in [-0.15, -0.1) is 0 Å². The second-order valence-electron chi connectivity index (χ2n) is 4.24. The van der Waals surface area contributed by atoms with E-state index in [4.69, 9.17) is 10.5 Å². The van der Waals surface area contributed by atoms with Gasteiger partial charge in [-0.1, -0.05) is 0 Å². The molecule has 0 radical (unpaired) electrons. The van der Waals surface area contributed by atoms with E-state index in [2.05, 4.69) is 23.7 Å². The Morgan fingerprint density at radius 1 is 1.36 bits per heavy atom. The third kappa shape index (κ3) is 3.18. The van der Waals surface area contributed by atoms with Gasteiger partial charge in [-0.05, 0) is 27.7 Å². The van der Waals surface area contributed by atoms with Crippen LogP contribution in [0, 0.1) is 0 Å². The fraction of sp³-hybridized carbons (Fsp3) is 0.900. The van der Waals surface area contributed by atoms with E-state index >= 15 is 0 Å². The Morgan fingerprint density at radius 2 is 1.86 bits per heavy atom. The SMILES string of the molecule is CC(C)N=C(N)N1C[C@@H](C)O[C@@H](C)C1. The zero-order valence-corrected chi connectivity index (χ0v) is 9.53. The van der Waals surface area contributed by atoms with Crippen molar-refractivity contribution < 1.29 is 4.74 Å². The molecule has 14 heavy (non-hydrogen) atoms. The van der Waals surface area contributed by atoms with Crippen molar-refractivity contribution in [2.45, 2.75) is 45.9 Å². The fourth-order valence-corrected chi connectivity index (χ4v) is 1.71. The molecule has 0 aromatic heterocycles. The number of nitrogens with two attached hydrogens (primary N) is 1. The molecule has 2 N–H and O–H groups in total. The van der Waals surface area contributed by atoms with Gasteiger partial charge in [0.2, 0.25) is 0 Å². The Morgan fingerprint density at radius 3 is 2.29 bits per heavy atom. The summed E-state index contributed by atoms with van der Waals surface area (Å²) in [5.74, 6) is 0.641. The van der Waals surface area contributed by atoms with Crippen molar-refractivity contribution in [3.05, 3.63) is 0 Å². The van der Waals surface area contributed by atoms with Gasteiger partial charge in [0.15, 0.2) is 5.96 Å². The molecule has 1 aliphatic rings. The predicted octanol–water partition coefficient (Wildman–Crippen LogP) is 0.819. The third-order valence-electron chi connectivity index (χ3n) is 2.13. The van der Waals surface area contributed by atoms with Gasteiger partial charge in [0, 0.05) is 19.1 Å². The second-order valence-corrected chi connectivity index (χ2v) is 4.24. The van der Waals surface area contributed by atoms with Gasteiger partial charge < -0.3 is 15.4 Å². The molecule has 0 amide bonds. The van der Waals surface area contributed by atoms with Crippen molar-refractivity contribution in [2.24, 2.45) is 10.7 Å². The van der Waals surface area contributed by atoms with Crippen molar-refractivity contribution in [3.63, 3.8) is 0 Å². The van der Waals surface area contributed by atoms with Crippen LogP contribution in [0.15, 0.2) is 4.99 Å². The highest BCUT2D eigenvalue weighted by Crippen LogP contribution is 2.10. The molecular weight excluding hydrogens is 178 g/mol. The van der Waals surface area contributed by atoms with E-state index in [0.717, 1.165) is 13.1 Å². The summed E-state index contributed by atoms with van der Waals surface area (Å²) in [7, 11) is 0. The van der Waals surface area contributed by atoms with E-state index < -0.39 is 0 Å². The lowest BCUT2D eigenvalue weighted by Crippen LogP contribution is -2.51. The maximum absolute atomic E-state index is 5.89. The van der Waals surface area contributed by atoms with Crippen molar-refractivity contribution >= 4 is 5.96 Å². The molecule has 4 nitrogen and oxygen atoms in total. The maximum atomic E-state index is 5.89. The van der Waals surface area contributed by atoms with E-state index in [-0.39, 0.29) is 18.2 Å². The summed E-state index contributed by atoms with van der Waals surface area (Å²) in [6.45, 7) is 9.86. The Kier molecular flexibility index (Phi) is 3.75. The van der Waals surface area contributed by atoms with Crippen LogP contribution >= 0.6 is 0 Å². The van der Waals surface area contributed by atoms with E-state index in [9.17, 15) is 0 Å². The maximum Gasteiger partial charge on any atom is 0.191 e. The minimum atomic E-state index is 0.236. The van der Waals surface area contributed by atoms with Crippen LogP contribution in [-0.4, -0.2) is 42.2 Å². The molecule has 0 aliphatic carbocycles. The van der Waals surface area contributed by atoms with Crippen molar-refractivity contribution in [1.82, 2.24) is 4.90 Å². The first kappa shape index (κ1) is 11.3. The van der Waals surface area contributed by atoms with Gasteiger partial charge in [-0.3, -0.25) is 4.99 Å². The van der Waals surface area contributed by atoms with Crippen LogP contribution in [0.1, 0.15) is 27.7 Å². The zero-order chi connectivity index (χ0) is 10.7. The number of nitrogens with zero attached hydrogens (tertiary/aromatic N) is 2. The summed E-state index contributed by atoms with van der Waals surface area (Å²) in [5, 5.41) is 0. The van der Waals surface area contributed by atoms with Gasteiger partial charge in [-0.25, -0.2) is 0 Å². The molecule has 1 aliphatic heterocycles. The van der Waals surface area contributed by atoms with Crippen LogP contribution in [0.2, 0.25) is 0 Å². The van der Waals surface area contributed by atoms with E-state index in [1.54, 1.807) is 0 Å². The minimum Gasteiger partial charge on any atom is -0.372 e. The first-order chi connectivity index (χ1) is 6.49. The minimum absolute atomic E-state index is 0.236. The molecule has 1 heterocycles. The van der Waals surface area contributed by atoms with Crippen molar-refractivity contribution in [1.29, 1.82) is 0 Å². The summed E-state index contributed by atoms with van der Waals surface area (Å²) in [6.07, 6.45) is 0.472. The largest absolute Gasteiger partial charge is 0.372 e. The Hall–Kier alpha value is -0.770. The Bertz CT molecular complexity index is 205. The van der Waals surface area contributed by atoms with Gasteiger partial charge in [-0.2, -0.15) is 0 Å². The summed E-state index contributed by atoms with van der Waals surface area (Å²) in [5.41, 5.74) is 5.89. The molecule has 0 unspecified atom stereocenters. The van der Waals surface area contributed by atoms with Crippen LogP contribution in [0.5, 0.6) is 0 Å². The molecule has 0 aromatic carbocycles. The molecule has 0 spiro atoms. The average Bonchev–Trinajstić information content (AvgIpc) is 2.00. The number of hydrogen-bond donors (Lipinski definition) is 1. The molecule has 82 valence electrons. The lowest BCUT2D eigenvalue weighted by molar-refractivity contribution is -0.0484. The smallest absolute Gasteiger partial charge is 0.191 e. The summed E-state index contributed by atoms with van der Waals surface area (Å²) in [4.78, 5) is 6.43. The third-order valence-corrected chi connectivity index (χ3v) is 2.13. The molecule has 0 bridgehead atoms. The lowest BCUT2D eigenvalue weighted by atomic mass is 10.2. The predicted molar refractivity (Wildman–Crippen MR) is 58.3 cm³/mol. The van der Waals surface area contributed by atoms with Gasteiger partial charge in [0.25, 0.3) is 0 Å². The number of hydrogen-bond acceptors (Lipinski definition) is 2. The van der Waals surface area contributed by atoms with Crippen LogP contribution in [0.4, 0.5) is 0 Å². The Balaban J connectivity index is 2.59. The first-order valence-corrected chi connectivity index (χ1v) is 5.22. The first-order valence-electron chi connectivity index (χ1n) is 5.22. The summed E-state index contributed by atoms with van der Waals surface area (Å²) >= 11 is 0. The lowest BCUT2D eigenvalue weighted by Gasteiger charge is -2.36. The average molecular weight is 199 g/mol. The van der Waals surface area contributed by atoms with Gasteiger partial charge in [0.05, 0.1) is 12.2 Å². The number of morpholine rings is 1. The van der Waals surface area contributed by atoms with Crippen molar-refractivity contribution in [3.8, 4) is 0 Å². The molecule has 2 atom stereocenters. The quantitative estimate of drug-likeness (QED) is 0.502. The highest BCUT2D eigenvalue weighted by Gasteiger charge is 2.23. The normalized spacial score (nSPS) is 29.8. The number of guanidine groups is 1. The molecular formula is C10H21N3O. The highest BCUT2D eigenvalue weighted by atomic mass is 16.5. The van der Waals surface area contributed by atoms with Crippen LogP contribution in [-0.2, 0) is 4.74 Å². The number of rotatable bonds is 1. The monoisotopic (exact) mass is 199 g/mol. The molecule has 1 fully saturated rings. The van der Waals surface area contributed by atoms with Crippen molar-refractivity contribution in [2.75, 3.05) is 13.1 Å². The number of ether oxygens (including phenoxy) is 1. The molecule has 1 saturated heterocycles. The fourth-order valence-electron chi connectivity index (χ4n) is 1.71. The number of aliphatic imine (C=N–C) groups is 1. The second kappa shape index (κ2) is 4.64. The summed E-state index contributed by atoms with van der Waals surface area (Å²) < 4.78 is 5.62. The zero-order valence-electron chi connectivity index (χ0n) is 9.53. The van der Waals surface area contributed by atoms with Crippen LogP contribution < -0.4 is 5.73 Å². The molecule has 4 heteroatoms. The topological polar surface area (TPSA) is 50.8 Å². The van der Waals surface area contributed by atoms with E-state index in [0.29, 0.717) is 5.96 Å². The standard InChI is InChI=1S/C10H21N3O/c1-7(2)12-10(11)13-5-8(3)14-9(4)6-13/h7-9H,5-6H2,1-4H3,(H2,11,12)/t8-,9+. The molecule has 1 rings (SSSR count). The molecule has 0 saturated carbocycles. The van der Waals surface area contributed by atoms with Gasteiger partial charge in [0.1, 0.15) is 0 Å². The van der Waals surface area contributed by atoms with Gasteiger partial charge >= 0.3 is 0 Å². The van der Waals surface area contributed by atoms with Crippen LogP contribution in [0.25, 0.3) is 0 Å². The van der Waals surface area contributed by atoms with Crippen LogP contribution in [0.3, 0.4) is 0 Å².